The van der Waals surface area contributed by atoms with Crippen LogP contribution in [0.1, 0.15) is 37.6 Å². The maximum absolute atomic E-state index is 12.6. The molecule has 1 fully saturated rings. The van der Waals surface area contributed by atoms with Crippen LogP contribution in [0, 0.1) is 11.3 Å². The van der Waals surface area contributed by atoms with Crippen molar-refractivity contribution in [2.24, 2.45) is 11.3 Å². The lowest BCUT2D eigenvalue weighted by atomic mass is 10.1. The number of carbonyl (C=O) groups excluding carboxylic acids is 1. The lowest BCUT2D eigenvalue weighted by Gasteiger charge is -2.43. The number of hydrogen-bond acceptors (Lipinski definition) is 3. The minimum absolute atomic E-state index is 0.0469. The van der Waals surface area contributed by atoms with Gasteiger partial charge < -0.3 is 9.16 Å². The first-order chi connectivity index (χ1) is 16.4. The van der Waals surface area contributed by atoms with Gasteiger partial charge in [-0.05, 0) is 40.0 Å². The van der Waals surface area contributed by atoms with Crippen LogP contribution in [0.2, 0.25) is 5.04 Å². The van der Waals surface area contributed by atoms with E-state index in [-0.39, 0.29) is 22.5 Å². The molecule has 0 aliphatic heterocycles. The fourth-order valence-electron chi connectivity index (χ4n) is 5.51. The first-order valence-corrected chi connectivity index (χ1v) is 14.0. The molecule has 0 spiro atoms. The Morgan fingerprint density at radius 2 is 1.41 bits per heavy atom. The molecule has 0 aromatic heterocycles. The molecule has 0 N–H and O–H groups in total. The van der Waals surface area contributed by atoms with Crippen LogP contribution < -0.4 is 10.4 Å². The normalized spacial score (nSPS) is 23.4. The third-order valence-electron chi connectivity index (χ3n) is 7.42. The smallest absolute Gasteiger partial charge is 0.338 e. The van der Waals surface area contributed by atoms with Crippen LogP contribution in [-0.4, -0.2) is 27.0 Å². The molecule has 3 aromatic carbocycles. The van der Waals surface area contributed by atoms with E-state index in [4.69, 9.17) is 9.16 Å². The zero-order valence-corrected chi connectivity index (χ0v) is 21.1. The average Bonchev–Trinajstić information content (AvgIpc) is 3.48. The van der Waals surface area contributed by atoms with Crippen molar-refractivity contribution in [3.63, 3.8) is 0 Å². The zero-order valence-electron chi connectivity index (χ0n) is 20.1. The van der Waals surface area contributed by atoms with Gasteiger partial charge in [-0.15, -0.1) is 0 Å². The maximum Gasteiger partial charge on any atom is 0.338 e. The Labute approximate surface area is 203 Å². The molecular weight excluding hydrogens is 436 g/mol. The highest BCUT2D eigenvalue weighted by molar-refractivity contribution is 6.99. The number of carbonyl (C=O) groups is 1. The molecule has 5 rings (SSSR count). The van der Waals surface area contributed by atoms with E-state index < -0.39 is 8.32 Å². The maximum atomic E-state index is 12.6. The lowest BCUT2D eigenvalue weighted by Crippen LogP contribution is -2.67. The number of esters is 1. The Balaban J connectivity index is 1.38. The Hall–Kier alpha value is -2.95. The van der Waals surface area contributed by atoms with Gasteiger partial charge in [-0.1, -0.05) is 106 Å². The van der Waals surface area contributed by atoms with Gasteiger partial charge in [0, 0.05) is 17.9 Å². The number of ether oxygens (including phenoxy) is 1. The molecule has 174 valence electrons. The summed E-state index contributed by atoms with van der Waals surface area (Å²) in [4.78, 5) is 12.6. The molecule has 0 saturated heterocycles. The van der Waals surface area contributed by atoms with Crippen molar-refractivity contribution >= 4 is 24.7 Å². The predicted octanol–water partition coefficient (Wildman–Crippen LogP) is 5.36. The first-order valence-electron chi connectivity index (χ1n) is 12.1. The minimum atomic E-state index is -2.59. The zero-order chi connectivity index (χ0) is 23.8. The molecule has 2 aliphatic carbocycles. The molecule has 3 atom stereocenters. The fraction of sp³-hybridized carbons (Fsp3) is 0.300. The van der Waals surface area contributed by atoms with Gasteiger partial charge in [-0.3, -0.25) is 0 Å². The molecule has 4 heteroatoms. The number of benzene rings is 3. The van der Waals surface area contributed by atoms with E-state index in [2.05, 4.69) is 93.6 Å². The van der Waals surface area contributed by atoms with Crippen molar-refractivity contribution in [2.45, 2.75) is 38.3 Å². The second-order valence-corrected chi connectivity index (χ2v) is 14.9. The Kier molecular flexibility index (Phi) is 5.83. The van der Waals surface area contributed by atoms with Gasteiger partial charge in [0.15, 0.2) is 0 Å². The Morgan fingerprint density at radius 1 is 0.882 bits per heavy atom. The van der Waals surface area contributed by atoms with Gasteiger partial charge in [0.1, 0.15) is 6.10 Å². The summed E-state index contributed by atoms with van der Waals surface area (Å²) in [6, 6.07) is 30.7. The SMILES string of the molecule is CC(C)(C)[Si](OC[C@]12C=C[C@@H](OC(=O)c3ccccc3)[C@H]1C2)(c1ccccc1)c1ccccc1. The molecule has 3 aromatic rings. The van der Waals surface area contributed by atoms with Gasteiger partial charge in [0.25, 0.3) is 8.32 Å². The van der Waals surface area contributed by atoms with Gasteiger partial charge in [0.05, 0.1) is 5.56 Å². The Morgan fingerprint density at radius 3 is 1.91 bits per heavy atom. The van der Waals surface area contributed by atoms with Crippen LogP contribution in [0.4, 0.5) is 0 Å². The predicted molar refractivity (Wildman–Crippen MR) is 139 cm³/mol. The van der Waals surface area contributed by atoms with E-state index >= 15 is 0 Å². The molecule has 0 radical (unpaired) electrons. The highest BCUT2D eigenvalue weighted by Gasteiger charge is 2.62. The van der Waals surface area contributed by atoms with Crippen molar-refractivity contribution in [3.8, 4) is 0 Å². The van der Waals surface area contributed by atoms with E-state index in [1.165, 1.54) is 10.4 Å². The van der Waals surface area contributed by atoms with Gasteiger partial charge in [0.2, 0.25) is 0 Å². The molecule has 3 nitrogen and oxygen atoms in total. The van der Waals surface area contributed by atoms with Gasteiger partial charge >= 0.3 is 5.97 Å². The van der Waals surface area contributed by atoms with Crippen molar-refractivity contribution in [2.75, 3.05) is 6.61 Å². The second-order valence-electron chi connectivity index (χ2n) is 10.6. The van der Waals surface area contributed by atoms with Crippen LogP contribution in [0.3, 0.4) is 0 Å². The summed E-state index contributed by atoms with van der Waals surface area (Å²) in [6.45, 7) is 7.55. The van der Waals surface area contributed by atoms with E-state index in [0.29, 0.717) is 18.1 Å². The van der Waals surface area contributed by atoms with Crippen molar-refractivity contribution in [1.29, 1.82) is 0 Å². The van der Waals surface area contributed by atoms with Gasteiger partial charge in [-0.25, -0.2) is 4.79 Å². The molecule has 34 heavy (non-hydrogen) atoms. The third-order valence-corrected chi connectivity index (χ3v) is 12.4. The monoisotopic (exact) mass is 468 g/mol. The van der Waals surface area contributed by atoms with E-state index in [9.17, 15) is 4.79 Å². The molecule has 2 aliphatic rings. The molecule has 0 bridgehead atoms. The number of fused-ring (bicyclic) bond motifs is 1. The summed E-state index contributed by atoms with van der Waals surface area (Å²) < 4.78 is 13.1. The second kappa shape index (κ2) is 8.68. The first kappa shape index (κ1) is 22.8. The minimum Gasteiger partial charge on any atom is -0.454 e. The summed E-state index contributed by atoms with van der Waals surface area (Å²) >= 11 is 0. The number of hydrogen-bond donors (Lipinski definition) is 0. The van der Waals surface area contributed by atoms with E-state index in [1.54, 1.807) is 12.1 Å². The topological polar surface area (TPSA) is 35.5 Å². The molecular formula is C30H32O3Si. The highest BCUT2D eigenvalue weighted by atomic mass is 28.4. The summed E-state index contributed by atoms with van der Waals surface area (Å²) in [5.74, 6) is 0.0317. The molecule has 0 amide bonds. The Bertz CT molecular complexity index is 1130. The summed E-state index contributed by atoms with van der Waals surface area (Å²) in [5.41, 5.74) is 0.548. The van der Waals surface area contributed by atoms with Crippen LogP contribution in [0.15, 0.2) is 103 Å². The van der Waals surface area contributed by atoms with Crippen molar-refractivity contribution in [1.82, 2.24) is 0 Å². The van der Waals surface area contributed by atoms with Crippen LogP contribution in [0.25, 0.3) is 0 Å². The third kappa shape index (κ3) is 3.95. The molecule has 1 saturated carbocycles. The summed E-state index contributed by atoms with van der Waals surface area (Å²) in [5, 5.41) is 2.52. The van der Waals surface area contributed by atoms with Crippen LogP contribution in [-0.2, 0) is 9.16 Å². The lowest BCUT2D eigenvalue weighted by molar-refractivity contribution is 0.0346. The number of rotatable bonds is 7. The summed E-state index contributed by atoms with van der Waals surface area (Å²) in [7, 11) is -2.59. The molecule has 0 heterocycles. The largest absolute Gasteiger partial charge is 0.454 e. The van der Waals surface area contributed by atoms with Crippen molar-refractivity contribution < 1.29 is 14.0 Å². The van der Waals surface area contributed by atoms with Crippen LogP contribution >= 0.6 is 0 Å². The quantitative estimate of drug-likeness (QED) is 0.266. The van der Waals surface area contributed by atoms with Crippen molar-refractivity contribution in [3.05, 3.63) is 109 Å². The van der Waals surface area contributed by atoms with Gasteiger partial charge in [-0.2, -0.15) is 0 Å². The highest BCUT2D eigenvalue weighted by Crippen LogP contribution is 2.61. The standard InChI is InChI=1S/C30H32O3Si/c1-29(2,3)34(24-15-9-5-10-16-24,25-17-11-6-12-18-25)32-22-30-20-19-27(26(30)21-30)33-28(31)23-13-7-4-8-14-23/h4-20,26-27H,21-22H2,1-3H3/t26-,27-,30-/m1/s1. The van der Waals surface area contributed by atoms with E-state index in [1.807, 2.05) is 18.2 Å². The molecule has 0 unspecified atom stereocenters. The summed E-state index contributed by atoms with van der Waals surface area (Å²) in [6.07, 6.45) is 5.10. The van der Waals surface area contributed by atoms with E-state index in [0.717, 1.165) is 6.42 Å². The average molecular weight is 469 g/mol. The fourth-order valence-corrected chi connectivity index (χ4v) is 10.2. The van der Waals surface area contributed by atoms with Crippen LogP contribution in [0.5, 0.6) is 0 Å².